The number of esters is 2. The molecular formula is C16H26O5. The van der Waals surface area contributed by atoms with Crippen molar-refractivity contribution in [2.75, 3.05) is 14.2 Å². The lowest BCUT2D eigenvalue weighted by Crippen LogP contribution is -2.08. The Morgan fingerprint density at radius 1 is 1.10 bits per heavy atom. The maximum Gasteiger partial charge on any atom is 0.338 e. The van der Waals surface area contributed by atoms with E-state index in [4.69, 9.17) is 0 Å². The van der Waals surface area contributed by atoms with Gasteiger partial charge in [0.05, 0.1) is 25.9 Å². The van der Waals surface area contributed by atoms with Crippen molar-refractivity contribution in [1.29, 1.82) is 0 Å². The Bertz CT molecular complexity index is 371. The van der Waals surface area contributed by atoms with E-state index in [1.807, 2.05) is 0 Å². The van der Waals surface area contributed by atoms with Crippen molar-refractivity contribution >= 4 is 11.9 Å². The van der Waals surface area contributed by atoms with E-state index in [1.54, 1.807) is 0 Å². The van der Waals surface area contributed by atoms with Crippen LogP contribution in [-0.2, 0) is 19.1 Å². The summed E-state index contributed by atoms with van der Waals surface area (Å²) in [6, 6.07) is 0. The molecule has 0 spiro atoms. The molecule has 0 aliphatic heterocycles. The third kappa shape index (κ3) is 9.85. The summed E-state index contributed by atoms with van der Waals surface area (Å²) in [5, 5.41) is 9.82. The van der Waals surface area contributed by atoms with Crippen LogP contribution < -0.4 is 0 Å². The first-order valence-electron chi connectivity index (χ1n) is 7.29. The molecule has 1 unspecified atom stereocenters. The Morgan fingerprint density at radius 2 is 1.76 bits per heavy atom. The molecule has 0 saturated heterocycles. The topological polar surface area (TPSA) is 72.8 Å². The number of rotatable bonds is 10. The fourth-order valence-corrected chi connectivity index (χ4v) is 1.75. The first-order valence-corrected chi connectivity index (χ1v) is 7.29. The smallest absolute Gasteiger partial charge is 0.338 e. The van der Waals surface area contributed by atoms with Gasteiger partial charge in [0.25, 0.3) is 0 Å². The summed E-state index contributed by atoms with van der Waals surface area (Å²) in [5.74, 6) is -1.29. The summed E-state index contributed by atoms with van der Waals surface area (Å²) in [4.78, 5) is 22.6. The van der Waals surface area contributed by atoms with Crippen LogP contribution in [0, 0.1) is 0 Å². The highest BCUT2D eigenvalue weighted by Crippen LogP contribution is 2.09. The Hall–Kier alpha value is -1.62. The van der Waals surface area contributed by atoms with E-state index in [-0.39, 0.29) is 5.57 Å². The van der Waals surface area contributed by atoms with Gasteiger partial charge in [-0.3, -0.25) is 0 Å². The zero-order chi connectivity index (χ0) is 16.1. The van der Waals surface area contributed by atoms with Crippen molar-refractivity contribution in [2.45, 2.75) is 51.6 Å². The van der Waals surface area contributed by atoms with Gasteiger partial charge in [0, 0.05) is 6.08 Å². The van der Waals surface area contributed by atoms with Gasteiger partial charge in [0.1, 0.15) is 0 Å². The predicted octanol–water partition coefficient (Wildman–Crippen LogP) is 2.54. The summed E-state index contributed by atoms with van der Waals surface area (Å²) in [6.45, 7) is 2.15. The van der Waals surface area contributed by atoms with Crippen molar-refractivity contribution in [3.63, 3.8) is 0 Å². The Morgan fingerprint density at radius 3 is 2.33 bits per heavy atom. The third-order valence-electron chi connectivity index (χ3n) is 3.00. The lowest BCUT2D eigenvalue weighted by atomic mass is 10.1. The SMILES string of the molecule is CCCCCCCC(O)/C=C/C(=C/C(=O)OC)C(=O)OC. The molecule has 0 radical (unpaired) electrons. The minimum absolute atomic E-state index is 0.0504. The van der Waals surface area contributed by atoms with Crippen molar-refractivity contribution < 1.29 is 24.2 Å². The third-order valence-corrected chi connectivity index (χ3v) is 3.00. The summed E-state index contributed by atoms with van der Waals surface area (Å²) in [5.41, 5.74) is 0.0504. The molecule has 0 aromatic rings. The number of methoxy groups -OCH3 is 2. The molecule has 0 aromatic carbocycles. The fraction of sp³-hybridized carbons (Fsp3) is 0.625. The molecule has 21 heavy (non-hydrogen) atoms. The van der Waals surface area contributed by atoms with Gasteiger partial charge in [0.15, 0.2) is 0 Å². The average Bonchev–Trinajstić information content (AvgIpc) is 2.49. The highest BCUT2D eigenvalue weighted by molar-refractivity contribution is 5.98. The fourth-order valence-electron chi connectivity index (χ4n) is 1.75. The molecular weight excluding hydrogens is 272 g/mol. The van der Waals surface area contributed by atoms with Gasteiger partial charge >= 0.3 is 11.9 Å². The molecule has 0 amide bonds. The number of hydrogen-bond acceptors (Lipinski definition) is 5. The number of ether oxygens (including phenoxy) is 2. The molecule has 5 nitrogen and oxygen atoms in total. The lowest BCUT2D eigenvalue weighted by Gasteiger charge is -2.06. The average molecular weight is 298 g/mol. The maximum atomic E-state index is 11.5. The molecule has 0 saturated carbocycles. The molecule has 0 aliphatic rings. The highest BCUT2D eigenvalue weighted by atomic mass is 16.5. The summed E-state index contributed by atoms with van der Waals surface area (Å²) in [7, 11) is 2.45. The molecule has 0 heterocycles. The highest BCUT2D eigenvalue weighted by Gasteiger charge is 2.10. The quantitative estimate of drug-likeness (QED) is 0.290. The molecule has 0 aliphatic carbocycles. The molecule has 0 aromatic heterocycles. The molecule has 120 valence electrons. The monoisotopic (exact) mass is 298 g/mol. The zero-order valence-electron chi connectivity index (χ0n) is 13.1. The van der Waals surface area contributed by atoms with Crippen LogP contribution in [0.5, 0.6) is 0 Å². The first kappa shape index (κ1) is 19.4. The van der Waals surface area contributed by atoms with Crippen molar-refractivity contribution in [3.05, 3.63) is 23.8 Å². The minimum Gasteiger partial charge on any atom is -0.466 e. The van der Waals surface area contributed by atoms with E-state index in [0.29, 0.717) is 6.42 Å². The second-order valence-electron chi connectivity index (χ2n) is 4.74. The largest absolute Gasteiger partial charge is 0.466 e. The van der Waals surface area contributed by atoms with Gasteiger partial charge in [-0.15, -0.1) is 0 Å². The summed E-state index contributed by atoms with van der Waals surface area (Å²) in [6.07, 6.45) is 9.48. The van der Waals surface area contributed by atoms with Gasteiger partial charge in [0.2, 0.25) is 0 Å². The predicted molar refractivity (Wildman–Crippen MR) is 80.6 cm³/mol. The van der Waals surface area contributed by atoms with Crippen LogP contribution in [0.3, 0.4) is 0 Å². The summed E-state index contributed by atoms with van der Waals surface area (Å²) >= 11 is 0. The number of unbranched alkanes of at least 4 members (excludes halogenated alkanes) is 4. The van der Waals surface area contributed by atoms with Crippen molar-refractivity contribution in [1.82, 2.24) is 0 Å². The van der Waals surface area contributed by atoms with Crippen molar-refractivity contribution in [3.8, 4) is 0 Å². The number of carbonyl (C=O) groups excluding carboxylic acids is 2. The minimum atomic E-state index is -0.646. The van der Waals surface area contributed by atoms with E-state index in [0.717, 1.165) is 18.9 Å². The van der Waals surface area contributed by atoms with E-state index in [2.05, 4.69) is 16.4 Å². The van der Waals surface area contributed by atoms with E-state index in [9.17, 15) is 14.7 Å². The lowest BCUT2D eigenvalue weighted by molar-refractivity contribution is -0.138. The Kier molecular flexibility index (Phi) is 11.2. The first-order chi connectivity index (χ1) is 10.0. The molecule has 0 bridgehead atoms. The van der Waals surface area contributed by atoms with Gasteiger partial charge in [-0.2, -0.15) is 0 Å². The second-order valence-corrected chi connectivity index (χ2v) is 4.74. The van der Waals surface area contributed by atoms with Crippen LogP contribution >= 0.6 is 0 Å². The van der Waals surface area contributed by atoms with Crippen LogP contribution in [-0.4, -0.2) is 37.4 Å². The number of aliphatic hydroxyl groups excluding tert-OH is 1. The second kappa shape index (κ2) is 12.1. The van der Waals surface area contributed by atoms with Gasteiger partial charge in [-0.1, -0.05) is 45.1 Å². The van der Waals surface area contributed by atoms with Gasteiger partial charge in [-0.05, 0) is 12.5 Å². The van der Waals surface area contributed by atoms with Crippen LogP contribution in [0.25, 0.3) is 0 Å². The van der Waals surface area contributed by atoms with Gasteiger partial charge < -0.3 is 14.6 Å². The number of hydrogen-bond donors (Lipinski definition) is 1. The van der Waals surface area contributed by atoms with Crippen LogP contribution in [0.2, 0.25) is 0 Å². The van der Waals surface area contributed by atoms with Crippen LogP contribution in [0.4, 0.5) is 0 Å². The Labute approximate surface area is 126 Å². The maximum absolute atomic E-state index is 11.5. The normalized spacial score (nSPS) is 13.2. The van der Waals surface area contributed by atoms with Crippen molar-refractivity contribution in [2.24, 2.45) is 0 Å². The van der Waals surface area contributed by atoms with E-state index < -0.39 is 18.0 Å². The number of aliphatic hydroxyl groups is 1. The summed E-state index contributed by atoms with van der Waals surface area (Å²) < 4.78 is 9.03. The molecule has 1 N–H and O–H groups in total. The molecule has 1 atom stereocenters. The van der Waals surface area contributed by atoms with Crippen LogP contribution in [0.1, 0.15) is 45.4 Å². The Balaban J connectivity index is 4.39. The standard InChI is InChI=1S/C16H26O5/c1-4-5-6-7-8-9-14(17)11-10-13(16(19)21-3)12-15(18)20-2/h10-12,14,17H,4-9H2,1-3H3/b11-10+,13-12-. The van der Waals surface area contributed by atoms with E-state index >= 15 is 0 Å². The zero-order valence-corrected chi connectivity index (χ0v) is 13.1. The van der Waals surface area contributed by atoms with Gasteiger partial charge in [-0.25, -0.2) is 9.59 Å². The molecule has 0 fully saturated rings. The van der Waals surface area contributed by atoms with Crippen LogP contribution in [0.15, 0.2) is 23.8 Å². The van der Waals surface area contributed by atoms with E-state index in [1.165, 1.54) is 45.6 Å². The molecule has 0 rings (SSSR count). The molecule has 5 heteroatoms. The number of carbonyl (C=O) groups is 2.